The van der Waals surface area contributed by atoms with E-state index in [4.69, 9.17) is 4.74 Å². The van der Waals surface area contributed by atoms with E-state index in [1.165, 1.54) is 36.1 Å². The zero-order chi connectivity index (χ0) is 18.1. The number of hydrogen-bond donors (Lipinski definition) is 1. The SMILES string of the molecule is CSC1(CNc2cccc3c2CN(C(=O)OC(C)(C)C)CC3)CCC1. The molecule has 0 spiro atoms. The summed E-state index contributed by atoms with van der Waals surface area (Å²) in [5.74, 6) is 0. The van der Waals surface area contributed by atoms with Gasteiger partial charge in [0.1, 0.15) is 5.60 Å². The minimum absolute atomic E-state index is 0.215. The number of carbonyl (C=O) groups is 1. The van der Waals surface area contributed by atoms with Crippen LogP contribution in [0.3, 0.4) is 0 Å². The summed E-state index contributed by atoms with van der Waals surface area (Å²) < 4.78 is 5.94. The van der Waals surface area contributed by atoms with Gasteiger partial charge in [-0.15, -0.1) is 0 Å². The van der Waals surface area contributed by atoms with Gasteiger partial charge in [-0.2, -0.15) is 11.8 Å². The van der Waals surface area contributed by atoms with Crippen LogP contribution >= 0.6 is 11.8 Å². The van der Waals surface area contributed by atoms with Crippen molar-refractivity contribution < 1.29 is 9.53 Å². The Morgan fingerprint density at radius 1 is 1.36 bits per heavy atom. The van der Waals surface area contributed by atoms with Gasteiger partial charge < -0.3 is 15.0 Å². The van der Waals surface area contributed by atoms with Crippen LogP contribution in [0.4, 0.5) is 10.5 Å². The Bertz CT molecular complexity index is 630. The van der Waals surface area contributed by atoms with E-state index in [1.54, 1.807) is 0 Å². The highest BCUT2D eigenvalue weighted by molar-refractivity contribution is 8.00. The molecule has 1 aromatic carbocycles. The lowest BCUT2D eigenvalue weighted by Gasteiger charge is -2.41. The molecule has 1 aromatic rings. The van der Waals surface area contributed by atoms with E-state index >= 15 is 0 Å². The van der Waals surface area contributed by atoms with Crippen LogP contribution in [0.25, 0.3) is 0 Å². The number of fused-ring (bicyclic) bond motifs is 1. The predicted molar refractivity (Wildman–Crippen MR) is 105 cm³/mol. The van der Waals surface area contributed by atoms with Gasteiger partial charge in [0.05, 0.1) is 6.54 Å². The molecule has 0 aromatic heterocycles. The first kappa shape index (κ1) is 18.4. The van der Waals surface area contributed by atoms with Crippen molar-refractivity contribution in [3.05, 3.63) is 29.3 Å². The number of nitrogens with zero attached hydrogens (tertiary/aromatic N) is 1. The van der Waals surface area contributed by atoms with Gasteiger partial charge in [-0.3, -0.25) is 0 Å². The smallest absolute Gasteiger partial charge is 0.410 e. The topological polar surface area (TPSA) is 41.6 Å². The number of nitrogens with one attached hydrogen (secondary N) is 1. The van der Waals surface area contributed by atoms with Crippen LogP contribution in [0.15, 0.2) is 18.2 Å². The van der Waals surface area contributed by atoms with Crippen molar-refractivity contribution in [2.75, 3.05) is 24.7 Å². The van der Waals surface area contributed by atoms with Crippen molar-refractivity contribution in [2.24, 2.45) is 0 Å². The molecule has 0 unspecified atom stereocenters. The normalized spacial score (nSPS) is 19.0. The Labute approximate surface area is 155 Å². The second kappa shape index (κ2) is 7.10. The van der Waals surface area contributed by atoms with E-state index in [0.29, 0.717) is 11.3 Å². The number of carbonyl (C=O) groups excluding carboxylic acids is 1. The zero-order valence-electron chi connectivity index (χ0n) is 15.9. The third kappa shape index (κ3) is 4.25. The molecular formula is C20H30N2O2S. The van der Waals surface area contributed by atoms with Crippen LogP contribution in [0, 0.1) is 0 Å². The van der Waals surface area contributed by atoms with Gasteiger partial charge in [0.15, 0.2) is 0 Å². The Balaban J connectivity index is 1.71. The molecule has 1 aliphatic carbocycles. The molecule has 1 amide bonds. The van der Waals surface area contributed by atoms with Crippen molar-refractivity contribution in [2.45, 2.75) is 63.3 Å². The quantitative estimate of drug-likeness (QED) is 0.844. The van der Waals surface area contributed by atoms with Crippen LogP contribution in [-0.4, -0.2) is 40.7 Å². The summed E-state index contributed by atoms with van der Waals surface area (Å²) in [6.07, 6.45) is 6.80. The minimum Gasteiger partial charge on any atom is -0.444 e. The van der Waals surface area contributed by atoms with Gasteiger partial charge in [-0.1, -0.05) is 18.6 Å². The largest absolute Gasteiger partial charge is 0.444 e. The zero-order valence-corrected chi connectivity index (χ0v) is 16.7. The highest BCUT2D eigenvalue weighted by Gasteiger charge is 2.36. The number of ether oxygens (including phenoxy) is 1. The van der Waals surface area contributed by atoms with Crippen molar-refractivity contribution in [3.63, 3.8) is 0 Å². The lowest BCUT2D eigenvalue weighted by atomic mass is 9.84. The Morgan fingerprint density at radius 2 is 2.12 bits per heavy atom. The molecule has 4 nitrogen and oxygen atoms in total. The summed E-state index contributed by atoms with van der Waals surface area (Å²) in [5.41, 5.74) is 3.31. The fraction of sp³-hybridized carbons (Fsp3) is 0.650. The highest BCUT2D eigenvalue weighted by Crippen LogP contribution is 2.43. The predicted octanol–water partition coefficient (Wildman–Crippen LogP) is 4.68. The number of thioether (sulfide) groups is 1. The Hall–Kier alpha value is -1.36. The van der Waals surface area contributed by atoms with Gasteiger partial charge in [0, 0.05) is 23.5 Å². The average molecular weight is 363 g/mol. The number of rotatable bonds is 4. The summed E-state index contributed by atoms with van der Waals surface area (Å²) in [7, 11) is 0. The fourth-order valence-electron chi connectivity index (χ4n) is 3.51. The van der Waals surface area contributed by atoms with Gasteiger partial charge >= 0.3 is 6.09 Å². The Kier molecular flexibility index (Phi) is 5.24. The summed E-state index contributed by atoms with van der Waals surface area (Å²) in [4.78, 5) is 14.3. The molecule has 0 bridgehead atoms. The van der Waals surface area contributed by atoms with Gasteiger partial charge in [0.25, 0.3) is 0 Å². The van der Waals surface area contributed by atoms with Crippen LogP contribution in [0.2, 0.25) is 0 Å². The maximum atomic E-state index is 12.4. The van der Waals surface area contributed by atoms with Crippen LogP contribution in [0.5, 0.6) is 0 Å². The van der Waals surface area contributed by atoms with E-state index < -0.39 is 5.60 Å². The van der Waals surface area contributed by atoms with Crippen molar-refractivity contribution >= 4 is 23.5 Å². The van der Waals surface area contributed by atoms with Gasteiger partial charge in [-0.25, -0.2) is 4.79 Å². The summed E-state index contributed by atoms with van der Waals surface area (Å²) in [6, 6.07) is 6.45. The van der Waals surface area contributed by atoms with E-state index in [1.807, 2.05) is 37.4 Å². The number of anilines is 1. The van der Waals surface area contributed by atoms with E-state index in [2.05, 4.69) is 29.8 Å². The second-order valence-corrected chi connectivity index (χ2v) is 9.46. The second-order valence-electron chi connectivity index (χ2n) is 8.19. The molecule has 1 N–H and O–H groups in total. The molecule has 0 atom stereocenters. The van der Waals surface area contributed by atoms with Crippen molar-refractivity contribution in [1.29, 1.82) is 0 Å². The first-order chi connectivity index (χ1) is 11.8. The third-order valence-corrected chi connectivity index (χ3v) is 6.64. The first-order valence-corrected chi connectivity index (χ1v) is 10.4. The molecule has 0 saturated heterocycles. The molecule has 2 aliphatic rings. The molecule has 1 fully saturated rings. The maximum Gasteiger partial charge on any atom is 0.410 e. The molecule has 1 aliphatic heterocycles. The van der Waals surface area contributed by atoms with Crippen LogP contribution in [-0.2, 0) is 17.7 Å². The number of hydrogen-bond acceptors (Lipinski definition) is 4. The summed E-state index contributed by atoms with van der Waals surface area (Å²) >= 11 is 1.98. The number of amides is 1. The lowest BCUT2D eigenvalue weighted by Crippen LogP contribution is -2.41. The molecule has 1 saturated carbocycles. The molecule has 25 heavy (non-hydrogen) atoms. The Morgan fingerprint density at radius 3 is 2.72 bits per heavy atom. The molecule has 138 valence electrons. The van der Waals surface area contributed by atoms with Gasteiger partial charge in [-0.05, 0) is 63.5 Å². The molecule has 5 heteroatoms. The first-order valence-electron chi connectivity index (χ1n) is 9.20. The van der Waals surface area contributed by atoms with Crippen LogP contribution < -0.4 is 5.32 Å². The standard InChI is InChI=1S/C20H30N2O2S/c1-19(2,3)24-18(23)22-12-9-15-7-5-8-17(16(15)13-22)21-14-20(25-4)10-6-11-20/h5,7-8,21H,6,9-14H2,1-4H3. The monoisotopic (exact) mass is 362 g/mol. The number of benzene rings is 1. The molecule has 1 heterocycles. The van der Waals surface area contributed by atoms with Gasteiger partial charge in [0.2, 0.25) is 0 Å². The molecule has 0 radical (unpaired) electrons. The summed E-state index contributed by atoms with van der Waals surface area (Å²) in [5, 5.41) is 3.67. The third-order valence-electron chi connectivity index (χ3n) is 5.22. The van der Waals surface area contributed by atoms with Crippen molar-refractivity contribution in [3.8, 4) is 0 Å². The van der Waals surface area contributed by atoms with E-state index in [-0.39, 0.29) is 6.09 Å². The average Bonchev–Trinajstić information content (AvgIpc) is 2.52. The maximum absolute atomic E-state index is 12.4. The highest BCUT2D eigenvalue weighted by atomic mass is 32.2. The molecular weight excluding hydrogens is 332 g/mol. The summed E-state index contributed by atoms with van der Waals surface area (Å²) in [6.45, 7) is 8.08. The minimum atomic E-state index is -0.454. The lowest BCUT2D eigenvalue weighted by molar-refractivity contribution is 0.0224. The molecule has 3 rings (SSSR count). The fourth-order valence-corrected chi connectivity index (χ4v) is 4.42. The van der Waals surface area contributed by atoms with E-state index in [0.717, 1.165) is 19.5 Å². The van der Waals surface area contributed by atoms with E-state index in [9.17, 15) is 4.79 Å². The van der Waals surface area contributed by atoms with Crippen molar-refractivity contribution in [1.82, 2.24) is 4.90 Å². The van der Waals surface area contributed by atoms with Crippen LogP contribution in [0.1, 0.15) is 51.2 Å².